The lowest BCUT2D eigenvalue weighted by Gasteiger charge is -2.27. The molecule has 3 aromatic heterocycles. The molecule has 0 bridgehead atoms. The second kappa shape index (κ2) is 6.76. The van der Waals surface area contributed by atoms with Crippen molar-refractivity contribution >= 4 is 37.6 Å². The van der Waals surface area contributed by atoms with E-state index in [2.05, 4.69) is 16.8 Å². The fourth-order valence-corrected chi connectivity index (χ4v) is 5.84. The van der Waals surface area contributed by atoms with Crippen LogP contribution in [0, 0.1) is 0 Å². The Labute approximate surface area is 158 Å². The SMILES string of the molecule is CCCCc1nc2sc3c(N4CCCCC4)ncnc3c2c2c1CCC2. The average molecular weight is 367 g/mol. The summed E-state index contributed by atoms with van der Waals surface area (Å²) in [5.74, 6) is 1.14. The molecule has 0 spiro atoms. The summed E-state index contributed by atoms with van der Waals surface area (Å²) in [6, 6.07) is 0. The molecule has 4 nitrogen and oxygen atoms in total. The van der Waals surface area contributed by atoms with Crippen LogP contribution in [0.2, 0.25) is 0 Å². The van der Waals surface area contributed by atoms with Crippen molar-refractivity contribution in [2.24, 2.45) is 0 Å². The van der Waals surface area contributed by atoms with Crippen LogP contribution in [0.4, 0.5) is 5.82 Å². The van der Waals surface area contributed by atoms with E-state index < -0.39 is 0 Å². The van der Waals surface area contributed by atoms with Crippen molar-refractivity contribution in [3.63, 3.8) is 0 Å². The Balaban J connectivity index is 1.71. The van der Waals surface area contributed by atoms with E-state index in [1.54, 1.807) is 6.33 Å². The standard InChI is InChI=1S/C21H26N4S/c1-2-3-10-16-14-8-7-9-15(14)17-18-19(26-21(17)24-16)20(23-13-22-18)25-11-5-4-6-12-25/h13H,2-12H2,1H3. The molecule has 136 valence electrons. The number of aromatic nitrogens is 3. The molecule has 5 heteroatoms. The van der Waals surface area contributed by atoms with Gasteiger partial charge in [0.2, 0.25) is 0 Å². The Bertz CT molecular complexity index is 956. The van der Waals surface area contributed by atoms with Crippen molar-refractivity contribution in [1.82, 2.24) is 15.0 Å². The van der Waals surface area contributed by atoms with Gasteiger partial charge in [0.15, 0.2) is 0 Å². The monoisotopic (exact) mass is 366 g/mol. The molecular formula is C21H26N4S. The van der Waals surface area contributed by atoms with Gasteiger partial charge < -0.3 is 4.90 Å². The van der Waals surface area contributed by atoms with Gasteiger partial charge in [0, 0.05) is 24.2 Å². The first-order valence-corrected chi connectivity index (χ1v) is 11.0. The number of aryl methyl sites for hydroxylation is 2. The number of thiophene rings is 1. The third-order valence-corrected chi connectivity index (χ3v) is 7.03. The fourth-order valence-electron chi connectivity index (χ4n) is 4.65. The molecule has 5 rings (SSSR count). The van der Waals surface area contributed by atoms with Crippen molar-refractivity contribution in [3.05, 3.63) is 23.1 Å². The van der Waals surface area contributed by atoms with Gasteiger partial charge in [0.25, 0.3) is 0 Å². The van der Waals surface area contributed by atoms with Gasteiger partial charge in [-0.1, -0.05) is 13.3 Å². The first-order chi connectivity index (χ1) is 12.9. The molecule has 0 unspecified atom stereocenters. The van der Waals surface area contributed by atoms with E-state index in [0.717, 1.165) is 30.8 Å². The molecule has 0 amide bonds. The van der Waals surface area contributed by atoms with E-state index in [-0.39, 0.29) is 0 Å². The van der Waals surface area contributed by atoms with Crippen LogP contribution in [0.15, 0.2) is 6.33 Å². The summed E-state index contributed by atoms with van der Waals surface area (Å²) in [6.45, 7) is 4.50. The van der Waals surface area contributed by atoms with Crippen LogP contribution in [0.1, 0.15) is 62.3 Å². The third-order valence-electron chi connectivity index (χ3n) is 5.96. The highest BCUT2D eigenvalue weighted by atomic mass is 32.1. The second-order valence-electron chi connectivity index (χ2n) is 7.68. The van der Waals surface area contributed by atoms with E-state index in [4.69, 9.17) is 9.97 Å². The van der Waals surface area contributed by atoms with Gasteiger partial charge in [-0.2, -0.15) is 0 Å². The summed E-state index contributed by atoms with van der Waals surface area (Å²) in [6.07, 6.45) is 12.9. The lowest BCUT2D eigenvalue weighted by molar-refractivity contribution is 0.575. The lowest BCUT2D eigenvalue weighted by atomic mass is 10.0. The number of hydrogen-bond donors (Lipinski definition) is 0. The van der Waals surface area contributed by atoms with Crippen molar-refractivity contribution in [2.45, 2.75) is 64.7 Å². The van der Waals surface area contributed by atoms with Gasteiger partial charge in [-0.3, -0.25) is 0 Å². The van der Waals surface area contributed by atoms with Crippen LogP contribution in [0.3, 0.4) is 0 Å². The molecule has 1 aliphatic carbocycles. The molecule has 26 heavy (non-hydrogen) atoms. The molecule has 2 aliphatic rings. The summed E-state index contributed by atoms with van der Waals surface area (Å²) in [4.78, 5) is 18.2. The van der Waals surface area contributed by atoms with Crippen LogP contribution >= 0.6 is 11.3 Å². The third kappa shape index (κ3) is 2.59. The molecule has 3 aromatic rings. The number of piperidine rings is 1. The van der Waals surface area contributed by atoms with Crippen LogP contribution in [0.5, 0.6) is 0 Å². The summed E-state index contributed by atoms with van der Waals surface area (Å²) >= 11 is 1.82. The number of pyridine rings is 1. The molecule has 0 radical (unpaired) electrons. The molecule has 1 saturated heterocycles. The molecule has 0 atom stereocenters. The maximum absolute atomic E-state index is 5.14. The first kappa shape index (κ1) is 16.4. The van der Waals surface area contributed by atoms with Gasteiger partial charge in [0.1, 0.15) is 17.0 Å². The van der Waals surface area contributed by atoms with Gasteiger partial charge in [-0.05, 0) is 62.5 Å². The Morgan fingerprint density at radius 2 is 1.88 bits per heavy atom. The number of hydrogen-bond acceptors (Lipinski definition) is 5. The number of anilines is 1. The minimum absolute atomic E-state index is 1.12. The zero-order valence-electron chi connectivity index (χ0n) is 15.6. The van der Waals surface area contributed by atoms with E-state index >= 15 is 0 Å². The van der Waals surface area contributed by atoms with Gasteiger partial charge in [0.05, 0.1) is 10.2 Å². The molecule has 1 aliphatic heterocycles. The maximum Gasteiger partial charge on any atom is 0.150 e. The number of fused-ring (bicyclic) bond motifs is 5. The molecule has 0 saturated carbocycles. The molecule has 1 fully saturated rings. The number of unbranched alkanes of at least 4 members (excludes halogenated alkanes) is 1. The Morgan fingerprint density at radius 1 is 1.04 bits per heavy atom. The van der Waals surface area contributed by atoms with Crippen LogP contribution in [-0.2, 0) is 19.3 Å². The summed E-state index contributed by atoms with van der Waals surface area (Å²) in [5.41, 5.74) is 5.57. The zero-order valence-corrected chi connectivity index (χ0v) is 16.4. The van der Waals surface area contributed by atoms with Crippen molar-refractivity contribution in [1.29, 1.82) is 0 Å². The van der Waals surface area contributed by atoms with E-state index in [9.17, 15) is 0 Å². The van der Waals surface area contributed by atoms with Crippen LogP contribution in [0.25, 0.3) is 20.4 Å². The van der Waals surface area contributed by atoms with Crippen molar-refractivity contribution in [3.8, 4) is 0 Å². The topological polar surface area (TPSA) is 41.9 Å². The Kier molecular flexibility index (Phi) is 4.27. The molecule has 0 N–H and O–H groups in total. The van der Waals surface area contributed by atoms with E-state index in [1.807, 2.05) is 11.3 Å². The maximum atomic E-state index is 5.14. The van der Waals surface area contributed by atoms with Gasteiger partial charge >= 0.3 is 0 Å². The van der Waals surface area contributed by atoms with Crippen molar-refractivity contribution in [2.75, 3.05) is 18.0 Å². The van der Waals surface area contributed by atoms with Gasteiger partial charge in [-0.25, -0.2) is 15.0 Å². The highest BCUT2D eigenvalue weighted by molar-refractivity contribution is 7.26. The largest absolute Gasteiger partial charge is 0.355 e. The highest BCUT2D eigenvalue weighted by Gasteiger charge is 2.25. The smallest absolute Gasteiger partial charge is 0.150 e. The lowest BCUT2D eigenvalue weighted by Crippen LogP contribution is -2.30. The van der Waals surface area contributed by atoms with Crippen LogP contribution in [-0.4, -0.2) is 28.0 Å². The highest BCUT2D eigenvalue weighted by Crippen LogP contribution is 2.42. The van der Waals surface area contributed by atoms with Crippen LogP contribution < -0.4 is 4.90 Å². The number of rotatable bonds is 4. The normalized spacial score (nSPS) is 17.3. The van der Waals surface area contributed by atoms with Crippen molar-refractivity contribution < 1.29 is 0 Å². The second-order valence-corrected chi connectivity index (χ2v) is 8.68. The predicted octanol–water partition coefficient (Wildman–Crippen LogP) is 5.06. The average Bonchev–Trinajstić information content (AvgIpc) is 3.30. The minimum atomic E-state index is 1.12. The summed E-state index contributed by atoms with van der Waals surface area (Å²) in [7, 11) is 0. The Morgan fingerprint density at radius 3 is 2.73 bits per heavy atom. The van der Waals surface area contributed by atoms with Gasteiger partial charge in [-0.15, -0.1) is 11.3 Å². The summed E-state index contributed by atoms with van der Waals surface area (Å²) in [5, 5.41) is 1.33. The predicted molar refractivity (Wildman–Crippen MR) is 109 cm³/mol. The molecule has 4 heterocycles. The minimum Gasteiger partial charge on any atom is -0.355 e. The molecular weight excluding hydrogens is 340 g/mol. The zero-order chi connectivity index (χ0) is 17.5. The molecule has 0 aromatic carbocycles. The quantitative estimate of drug-likeness (QED) is 0.647. The summed E-state index contributed by atoms with van der Waals surface area (Å²) < 4.78 is 1.25. The Hall–Kier alpha value is -1.75. The first-order valence-electron chi connectivity index (χ1n) is 10.2. The van der Waals surface area contributed by atoms with E-state index in [1.165, 1.54) is 83.1 Å². The number of nitrogens with zero attached hydrogens (tertiary/aromatic N) is 4. The fraction of sp³-hybridized carbons (Fsp3) is 0.571. The van der Waals surface area contributed by atoms with E-state index in [0.29, 0.717) is 0 Å².